The highest BCUT2D eigenvalue weighted by molar-refractivity contribution is 9.11. The summed E-state index contributed by atoms with van der Waals surface area (Å²) in [5, 5.41) is 8.09. The minimum atomic E-state index is -0.620. The third-order valence-electron chi connectivity index (χ3n) is 3.91. The van der Waals surface area contributed by atoms with Gasteiger partial charge < -0.3 is 9.64 Å². The van der Waals surface area contributed by atoms with Gasteiger partial charge in [-0.2, -0.15) is 5.10 Å². The van der Waals surface area contributed by atoms with Crippen LogP contribution in [0.5, 0.6) is 0 Å². The highest BCUT2D eigenvalue weighted by Gasteiger charge is 2.19. The zero-order valence-corrected chi connectivity index (χ0v) is 15.9. The van der Waals surface area contributed by atoms with Crippen LogP contribution in [0, 0.1) is 18.6 Å². The van der Waals surface area contributed by atoms with Crippen LogP contribution in [0.3, 0.4) is 0 Å². The smallest absolute Gasteiger partial charge is 0.147 e. The maximum absolute atomic E-state index is 13.7. The number of ether oxygens (including phenoxy) is 1. The first-order valence-corrected chi connectivity index (χ1v) is 8.75. The Morgan fingerprint density at radius 1 is 1.23 bits per heavy atom. The Morgan fingerprint density at radius 3 is 2.73 bits per heavy atom. The molecule has 8 heteroatoms. The number of hydrogen-bond donors (Lipinski definition) is 0. The third kappa shape index (κ3) is 4.43. The number of allylic oxidation sites excluding steroid dienone is 2. The molecule has 0 fully saturated rings. The fourth-order valence-electron chi connectivity index (χ4n) is 2.45. The summed E-state index contributed by atoms with van der Waals surface area (Å²) in [6, 6.07) is 3.45. The van der Waals surface area contributed by atoms with E-state index >= 15 is 0 Å². The standard InChI is InChI=1S/C18H17BrF2N4O/c1-11-5-18(26-10-13-3-4-14(20)6-17(13)21)16(19)9-25(11)8-15-7-22-12(2)23-24-15/h3-7H,8-10H2,1-2H3. The Morgan fingerprint density at radius 2 is 2.04 bits per heavy atom. The molecule has 0 aliphatic carbocycles. The van der Waals surface area contributed by atoms with Gasteiger partial charge in [0.15, 0.2) is 0 Å². The molecule has 0 saturated carbocycles. The van der Waals surface area contributed by atoms with Gasteiger partial charge in [-0.25, -0.2) is 13.8 Å². The van der Waals surface area contributed by atoms with E-state index < -0.39 is 11.6 Å². The first kappa shape index (κ1) is 18.4. The number of benzene rings is 1. The van der Waals surface area contributed by atoms with Gasteiger partial charge in [0.1, 0.15) is 35.5 Å². The summed E-state index contributed by atoms with van der Waals surface area (Å²) in [7, 11) is 0. The molecule has 0 unspecified atom stereocenters. The molecular weight excluding hydrogens is 406 g/mol. The molecule has 2 heterocycles. The van der Waals surface area contributed by atoms with Crippen molar-refractivity contribution in [2.45, 2.75) is 27.0 Å². The van der Waals surface area contributed by atoms with Crippen molar-refractivity contribution in [1.82, 2.24) is 20.1 Å². The van der Waals surface area contributed by atoms with Crippen LogP contribution in [-0.4, -0.2) is 26.6 Å². The van der Waals surface area contributed by atoms with Crippen LogP contribution in [0.15, 0.2) is 46.4 Å². The summed E-state index contributed by atoms with van der Waals surface area (Å²) in [4.78, 5) is 6.24. The highest BCUT2D eigenvalue weighted by Crippen LogP contribution is 2.27. The first-order chi connectivity index (χ1) is 12.4. The fourth-order valence-corrected chi connectivity index (χ4v) is 2.98. The third-order valence-corrected chi connectivity index (χ3v) is 4.55. The lowest BCUT2D eigenvalue weighted by Gasteiger charge is -2.29. The minimum absolute atomic E-state index is 0.0215. The van der Waals surface area contributed by atoms with E-state index in [0.29, 0.717) is 30.2 Å². The van der Waals surface area contributed by atoms with Crippen molar-refractivity contribution in [3.05, 3.63) is 75.1 Å². The van der Waals surface area contributed by atoms with E-state index in [9.17, 15) is 8.78 Å². The molecule has 3 rings (SSSR count). The molecule has 0 radical (unpaired) electrons. The predicted molar refractivity (Wildman–Crippen MR) is 95.8 cm³/mol. The quantitative estimate of drug-likeness (QED) is 0.728. The number of aromatic nitrogens is 3. The van der Waals surface area contributed by atoms with Crippen LogP contribution in [0.1, 0.15) is 24.0 Å². The van der Waals surface area contributed by atoms with Crippen LogP contribution < -0.4 is 0 Å². The molecule has 1 aromatic heterocycles. The Hall–Kier alpha value is -2.35. The minimum Gasteiger partial charge on any atom is -0.488 e. The van der Waals surface area contributed by atoms with Crippen molar-refractivity contribution >= 4 is 15.9 Å². The van der Waals surface area contributed by atoms with Crippen LogP contribution in [0.4, 0.5) is 8.78 Å². The summed E-state index contributed by atoms with van der Waals surface area (Å²) in [5.41, 5.74) is 2.04. The lowest BCUT2D eigenvalue weighted by atomic mass is 10.2. The second-order valence-electron chi connectivity index (χ2n) is 5.93. The molecule has 1 aromatic carbocycles. The van der Waals surface area contributed by atoms with E-state index in [0.717, 1.165) is 21.9 Å². The molecule has 0 bridgehead atoms. The summed E-state index contributed by atoms with van der Waals surface area (Å²) in [6.07, 6.45) is 3.57. The van der Waals surface area contributed by atoms with Crippen molar-refractivity contribution in [1.29, 1.82) is 0 Å². The number of hydrogen-bond acceptors (Lipinski definition) is 5. The van der Waals surface area contributed by atoms with Gasteiger partial charge in [-0.15, -0.1) is 5.10 Å². The summed E-state index contributed by atoms with van der Waals surface area (Å²) < 4.78 is 33.2. The average Bonchev–Trinajstić information content (AvgIpc) is 2.60. The SMILES string of the molecule is CC1=CC(OCc2ccc(F)cc2F)=C(Br)CN1Cc1cnc(C)nn1. The van der Waals surface area contributed by atoms with Crippen LogP contribution >= 0.6 is 15.9 Å². The van der Waals surface area contributed by atoms with E-state index in [1.807, 2.05) is 13.0 Å². The Kier molecular flexibility index (Phi) is 5.61. The van der Waals surface area contributed by atoms with Gasteiger partial charge in [0.05, 0.1) is 23.8 Å². The number of nitrogens with zero attached hydrogens (tertiary/aromatic N) is 4. The van der Waals surface area contributed by atoms with Crippen molar-refractivity contribution < 1.29 is 13.5 Å². The second-order valence-corrected chi connectivity index (χ2v) is 6.89. The van der Waals surface area contributed by atoms with Crippen LogP contribution in [0.2, 0.25) is 0 Å². The molecule has 2 aromatic rings. The maximum atomic E-state index is 13.7. The van der Waals surface area contributed by atoms with Crippen molar-refractivity contribution in [2.75, 3.05) is 6.54 Å². The number of aryl methyl sites for hydroxylation is 1. The van der Waals surface area contributed by atoms with E-state index in [1.165, 1.54) is 12.1 Å². The Bertz CT molecular complexity index is 868. The lowest BCUT2D eigenvalue weighted by molar-refractivity contribution is 0.197. The van der Waals surface area contributed by atoms with Gasteiger partial charge in [-0.1, -0.05) is 0 Å². The van der Waals surface area contributed by atoms with Crippen molar-refractivity contribution in [3.63, 3.8) is 0 Å². The maximum Gasteiger partial charge on any atom is 0.147 e. The molecule has 0 atom stereocenters. The van der Waals surface area contributed by atoms with Gasteiger partial charge in [-0.3, -0.25) is 0 Å². The first-order valence-electron chi connectivity index (χ1n) is 7.96. The number of halogens is 3. The Balaban J connectivity index is 1.66. The van der Waals surface area contributed by atoms with Gasteiger partial charge in [0.25, 0.3) is 0 Å². The molecule has 0 N–H and O–H groups in total. The molecule has 0 amide bonds. The molecule has 136 valence electrons. The van der Waals surface area contributed by atoms with Gasteiger partial charge in [0.2, 0.25) is 0 Å². The molecular formula is C18H17BrF2N4O. The van der Waals surface area contributed by atoms with Gasteiger partial charge in [-0.05, 0) is 48.0 Å². The summed E-state index contributed by atoms with van der Waals surface area (Å²) in [6.45, 7) is 4.91. The van der Waals surface area contributed by atoms with Gasteiger partial charge in [0, 0.05) is 17.3 Å². The molecule has 0 spiro atoms. The second kappa shape index (κ2) is 7.90. The normalized spacial score (nSPS) is 14.5. The molecule has 0 saturated heterocycles. The predicted octanol–water partition coefficient (Wildman–Crippen LogP) is 4.00. The summed E-state index contributed by atoms with van der Waals surface area (Å²) in [5.74, 6) is 0.0229. The lowest BCUT2D eigenvalue weighted by Crippen LogP contribution is -2.27. The zero-order chi connectivity index (χ0) is 18.7. The van der Waals surface area contributed by atoms with E-state index in [-0.39, 0.29) is 6.61 Å². The van der Waals surface area contributed by atoms with Crippen LogP contribution in [0.25, 0.3) is 0 Å². The zero-order valence-electron chi connectivity index (χ0n) is 14.3. The van der Waals surface area contributed by atoms with E-state index in [4.69, 9.17) is 4.74 Å². The van der Waals surface area contributed by atoms with Crippen molar-refractivity contribution in [3.8, 4) is 0 Å². The largest absolute Gasteiger partial charge is 0.488 e. The molecule has 1 aliphatic rings. The monoisotopic (exact) mass is 422 g/mol. The Labute approximate surface area is 158 Å². The molecule has 5 nitrogen and oxygen atoms in total. The number of rotatable bonds is 5. The van der Waals surface area contributed by atoms with E-state index in [2.05, 4.69) is 36.0 Å². The van der Waals surface area contributed by atoms with Crippen molar-refractivity contribution in [2.24, 2.45) is 0 Å². The van der Waals surface area contributed by atoms with Crippen LogP contribution in [-0.2, 0) is 17.9 Å². The fraction of sp³-hybridized carbons (Fsp3) is 0.278. The van der Waals surface area contributed by atoms with Gasteiger partial charge >= 0.3 is 0 Å². The van der Waals surface area contributed by atoms with E-state index in [1.54, 1.807) is 13.1 Å². The molecule has 1 aliphatic heterocycles. The topological polar surface area (TPSA) is 51.1 Å². The molecule has 26 heavy (non-hydrogen) atoms. The average molecular weight is 423 g/mol. The summed E-state index contributed by atoms with van der Waals surface area (Å²) >= 11 is 3.51. The highest BCUT2D eigenvalue weighted by atomic mass is 79.9.